The first-order chi connectivity index (χ1) is 10.1. The molecule has 0 bridgehead atoms. The van der Waals surface area contributed by atoms with E-state index in [4.69, 9.17) is 5.11 Å². The molecule has 114 valence electrons. The number of amides is 1. The van der Waals surface area contributed by atoms with Crippen LogP contribution in [0.25, 0.3) is 0 Å². The Morgan fingerprint density at radius 1 is 1.19 bits per heavy atom. The fraction of sp³-hybridized carbons (Fsp3) is 0.500. The van der Waals surface area contributed by atoms with Crippen molar-refractivity contribution in [3.8, 4) is 0 Å². The van der Waals surface area contributed by atoms with Crippen molar-refractivity contribution >= 4 is 23.6 Å². The van der Waals surface area contributed by atoms with E-state index in [0.29, 0.717) is 11.8 Å². The SMILES string of the molecule is O=C(CSc1cccc(C(=O)O)c1)NC1CCCCCC1. The molecule has 21 heavy (non-hydrogen) atoms. The molecule has 2 N–H and O–H groups in total. The summed E-state index contributed by atoms with van der Waals surface area (Å²) in [6.45, 7) is 0. The molecule has 1 aromatic carbocycles. The van der Waals surface area contributed by atoms with Gasteiger partial charge in [0.2, 0.25) is 5.91 Å². The molecule has 1 amide bonds. The zero-order chi connectivity index (χ0) is 15.1. The molecular formula is C16H21NO3S. The monoisotopic (exact) mass is 307 g/mol. The predicted octanol–water partition coefficient (Wildman–Crippen LogP) is 3.32. The topological polar surface area (TPSA) is 66.4 Å². The zero-order valence-electron chi connectivity index (χ0n) is 12.0. The Hall–Kier alpha value is -1.49. The summed E-state index contributed by atoms with van der Waals surface area (Å²) in [5.41, 5.74) is 0.254. The first-order valence-corrected chi connectivity index (χ1v) is 8.39. The molecule has 0 unspecified atom stereocenters. The number of carbonyl (C=O) groups excluding carboxylic acids is 1. The normalized spacial score (nSPS) is 16.2. The van der Waals surface area contributed by atoms with Crippen LogP contribution in [-0.4, -0.2) is 28.8 Å². The molecule has 1 aliphatic carbocycles. The maximum Gasteiger partial charge on any atom is 0.335 e. The van der Waals surface area contributed by atoms with Gasteiger partial charge < -0.3 is 10.4 Å². The molecule has 0 radical (unpaired) electrons. The molecule has 0 aliphatic heterocycles. The largest absolute Gasteiger partial charge is 0.478 e. The van der Waals surface area contributed by atoms with Crippen molar-refractivity contribution in [2.24, 2.45) is 0 Å². The van der Waals surface area contributed by atoms with E-state index in [1.165, 1.54) is 37.4 Å². The van der Waals surface area contributed by atoms with Gasteiger partial charge in [-0.15, -0.1) is 11.8 Å². The van der Waals surface area contributed by atoms with Gasteiger partial charge in [0, 0.05) is 10.9 Å². The summed E-state index contributed by atoms with van der Waals surface area (Å²) in [6.07, 6.45) is 7.07. The van der Waals surface area contributed by atoms with E-state index in [1.807, 2.05) is 6.07 Å². The van der Waals surface area contributed by atoms with E-state index in [2.05, 4.69) is 5.32 Å². The minimum Gasteiger partial charge on any atom is -0.478 e. The maximum atomic E-state index is 12.0. The second kappa shape index (κ2) is 8.08. The molecule has 0 heterocycles. The van der Waals surface area contributed by atoms with Gasteiger partial charge in [0.15, 0.2) is 0 Å². The minimum absolute atomic E-state index is 0.0348. The second-order valence-corrected chi connectivity index (χ2v) is 6.43. The molecular weight excluding hydrogens is 286 g/mol. The van der Waals surface area contributed by atoms with Crippen LogP contribution >= 0.6 is 11.8 Å². The third-order valence-corrected chi connectivity index (χ3v) is 4.66. The van der Waals surface area contributed by atoms with Crippen LogP contribution in [0.5, 0.6) is 0 Å². The third-order valence-electron chi connectivity index (χ3n) is 3.67. The van der Waals surface area contributed by atoms with Crippen LogP contribution in [-0.2, 0) is 4.79 Å². The van der Waals surface area contributed by atoms with Gasteiger partial charge in [0.05, 0.1) is 11.3 Å². The van der Waals surface area contributed by atoms with Crippen molar-refractivity contribution in [1.82, 2.24) is 5.32 Å². The summed E-state index contributed by atoms with van der Waals surface area (Å²) in [5.74, 6) is -0.576. The first kappa shape index (κ1) is 15.9. The number of benzene rings is 1. The van der Waals surface area contributed by atoms with Gasteiger partial charge >= 0.3 is 5.97 Å². The number of thioether (sulfide) groups is 1. The maximum absolute atomic E-state index is 12.0. The molecule has 1 aromatic rings. The van der Waals surface area contributed by atoms with Crippen LogP contribution in [0.2, 0.25) is 0 Å². The van der Waals surface area contributed by atoms with Crippen molar-refractivity contribution in [2.45, 2.75) is 49.5 Å². The fourth-order valence-electron chi connectivity index (χ4n) is 2.56. The smallest absolute Gasteiger partial charge is 0.335 e. The molecule has 0 spiro atoms. The van der Waals surface area contributed by atoms with Crippen LogP contribution in [0.3, 0.4) is 0 Å². The number of carboxylic acid groups (broad SMARTS) is 1. The van der Waals surface area contributed by atoms with Crippen LogP contribution in [0.15, 0.2) is 29.2 Å². The van der Waals surface area contributed by atoms with Gasteiger partial charge in [-0.2, -0.15) is 0 Å². The lowest BCUT2D eigenvalue weighted by Crippen LogP contribution is -2.35. The molecule has 0 atom stereocenters. The number of aromatic carboxylic acids is 1. The molecule has 0 saturated heterocycles. The summed E-state index contributed by atoms with van der Waals surface area (Å²) in [6, 6.07) is 7.00. The number of rotatable bonds is 5. The van der Waals surface area contributed by atoms with Gasteiger partial charge in [-0.3, -0.25) is 4.79 Å². The van der Waals surface area contributed by atoms with Crippen LogP contribution in [0, 0.1) is 0 Å². The summed E-state index contributed by atoms with van der Waals surface area (Å²) in [4.78, 5) is 23.7. The summed E-state index contributed by atoms with van der Waals surface area (Å²) < 4.78 is 0. The van der Waals surface area contributed by atoms with E-state index in [0.717, 1.165) is 17.7 Å². The lowest BCUT2D eigenvalue weighted by molar-refractivity contribution is -0.119. The molecule has 1 saturated carbocycles. The highest BCUT2D eigenvalue weighted by Gasteiger charge is 2.14. The molecule has 5 heteroatoms. The number of carboxylic acids is 1. The van der Waals surface area contributed by atoms with Gasteiger partial charge in [-0.25, -0.2) is 4.79 Å². The standard InChI is InChI=1S/C16H21NO3S/c18-15(17-13-7-3-1-2-4-8-13)11-21-14-9-5-6-12(10-14)16(19)20/h5-6,9-10,13H,1-4,7-8,11H2,(H,17,18)(H,19,20). The van der Waals surface area contributed by atoms with Crippen molar-refractivity contribution in [1.29, 1.82) is 0 Å². The number of hydrogen-bond donors (Lipinski definition) is 2. The zero-order valence-corrected chi connectivity index (χ0v) is 12.8. The van der Waals surface area contributed by atoms with Crippen LogP contribution in [0.1, 0.15) is 48.9 Å². The van der Waals surface area contributed by atoms with Crippen molar-refractivity contribution in [3.63, 3.8) is 0 Å². The minimum atomic E-state index is -0.944. The summed E-state index contributed by atoms with van der Waals surface area (Å²) in [5, 5.41) is 12.0. The lowest BCUT2D eigenvalue weighted by atomic mass is 10.1. The van der Waals surface area contributed by atoms with E-state index in [9.17, 15) is 9.59 Å². The molecule has 1 fully saturated rings. The molecule has 0 aromatic heterocycles. The Morgan fingerprint density at radius 2 is 1.90 bits per heavy atom. The van der Waals surface area contributed by atoms with E-state index >= 15 is 0 Å². The van der Waals surface area contributed by atoms with Gasteiger partial charge in [0.1, 0.15) is 0 Å². The molecule has 4 nitrogen and oxygen atoms in total. The van der Waals surface area contributed by atoms with Gasteiger partial charge in [-0.05, 0) is 31.0 Å². The van der Waals surface area contributed by atoms with E-state index in [-0.39, 0.29) is 11.5 Å². The van der Waals surface area contributed by atoms with Crippen molar-refractivity contribution in [3.05, 3.63) is 29.8 Å². The Kier molecular flexibility index (Phi) is 6.11. The highest BCUT2D eigenvalue weighted by Crippen LogP contribution is 2.20. The highest BCUT2D eigenvalue weighted by atomic mass is 32.2. The van der Waals surface area contributed by atoms with Crippen molar-refractivity contribution < 1.29 is 14.7 Å². The Balaban J connectivity index is 1.80. The molecule has 1 aliphatic rings. The number of carbonyl (C=O) groups is 2. The number of nitrogens with one attached hydrogen (secondary N) is 1. The van der Waals surface area contributed by atoms with Gasteiger partial charge in [-0.1, -0.05) is 31.7 Å². The predicted molar refractivity (Wildman–Crippen MR) is 83.8 cm³/mol. The first-order valence-electron chi connectivity index (χ1n) is 7.40. The average molecular weight is 307 g/mol. The summed E-state index contributed by atoms with van der Waals surface area (Å²) >= 11 is 1.38. The summed E-state index contributed by atoms with van der Waals surface area (Å²) in [7, 11) is 0. The average Bonchev–Trinajstić information content (AvgIpc) is 2.74. The van der Waals surface area contributed by atoms with E-state index < -0.39 is 5.97 Å². The fourth-order valence-corrected chi connectivity index (χ4v) is 3.33. The van der Waals surface area contributed by atoms with Gasteiger partial charge in [0.25, 0.3) is 0 Å². The van der Waals surface area contributed by atoms with Crippen molar-refractivity contribution in [2.75, 3.05) is 5.75 Å². The van der Waals surface area contributed by atoms with E-state index in [1.54, 1.807) is 18.2 Å². The Bertz CT molecular complexity index is 496. The molecule has 2 rings (SSSR count). The third kappa shape index (κ3) is 5.42. The quantitative estimate of drug-likeness (QED) is 0.647. The van der Waals surface area contributed by atoms with Crippen LogP contribution < -0.4 is 5.32 Å². The second-order valence-electron chi connectivity index (χ2n) is 5.38. The van der Waals surface area contributed by atoms with Crippen LogP contribution in [0.4, 0.5) is 0 Å². The lowest BCUT2D eigenvalue weighted by Gasteiger charge is -2.16. The highest BCUT2D eigenvalue weighted by molar-refractivity contribution is 8.00. The number of hydrogen-bond acceptors (Lipinski definition) is 3. The Morgan fingerprint density at radius 3 is 2.57 bits per heavy atom. The Labute approximate surface area is 129 Å².